The van der Waals surface area contributed by atoms with Gasteiger partial charge in [0.1, 0.15) is 0 Å². The van der Waals surface area contributed by atoms with Gasteiger partial charge in [0.2, 0.25) is 5.91 Å². The smallest absolute Gasteiger partial charge is 0.222 e. The molecular formula is C14H27ClN2O3S. The molecule has 2 fully saturated rings. The summed E-state index contributed by atoms with van der Waals surface area (Å²) in [6.07, 6.45) is 3.79. The third kappa shape index (κ3) is 4.57. The number of piperidine rings is 1. The molecular weight excluding hydrogens is 312 g/mol. The molecule has 0 bridgehead atoms. The number of carbonyl (C=O) groups is 1. The average molecular weight is 339 g/mol. The maximum Gasteiger partial charge on any atom is 0.222 e. The van der Waals surface area contributed by atoms with Crippen LogP contribution in [0.4, 0.5) is 0 Å². The fourth-order valence-corrected chi connectivity index (χ4v) is 4.73. The van der Waals surface area contributed by atoms with Crippen LogP contribution in [-0.2, 0) is 14.6 Å². The first-order valence-electron chi connectivity index (χ1n) is 7.63. The van der Waals surface area contributed by atoms with Gasteiger partial charge in [-0.25, -0.2) is 8.42 Å². The zero-order valence-electron chi connectivity index (χ0n) is 12.9. The van der Waals surface area contributed by atoms with Gasteiger partial charge >= 0.3 is 0 Å². The molecule has 21 heavy (non-hydrogen) atoms. The lowest BCUT2D eigenvalue weighted by molar-refractivity contribution is -0.133. The summed E-state index contributed by atoms with van der Waals surface area (Å²) in [6, 6.07) is -0.200. The number of halogens is 1. The Bertz CT molecular complexity index is 449. The molecule has 1 amide bonds. The summed E-state index contributed by atoms with van der Waals surface area (Å²) in [7, 11) is -3.01. The minimum absolute atomic E-state index is 0. The lowest BCUT2D eigenvalue weighted by atomic mass is 9.93. The SMILES string of the molecule is CC1C(C)S(=O)(=O)CCN1C(=O)CCC1CCNCC1.Cl. The van der Waals surface area contributed by atoms with E-state index < -0.39 is 15.1 Å². The van der Waals surface area contributed by atoms with Crippen molar-refractivity contribution in [3.05, 3.63) is 0 Å². The number of rotatable bonds is 3. The third-order valence-electron chi connectivity index (χ3n) is 4.90. The van der Waals surface area contributed by atoms with Gasteiger partial charge in [0.15, 0.2) is 9.84 Å². The van der Waals surface area contributed by atoms with E-state index in [9.17, 15) is 13.2 Å². The van der Waals surface area contributed by atoms with Gasteiger partial charge in [0, 0.05) is 19.0 Å². The zero-order chi connectivity index (χ0) is 14.8. The van der Waals surface area contributed by atoms with Crippen molar-refractivity contribution in [1.82, 2.24) is 10.2 Å². The second-order valence-corrected chi connectivity index (χ2v) is 8.61. The minimum atomic E-state index is -3.01. The summed E-state index contributed by atoms with van der Waals surface area (Å²) in [5.41, 5.74) is 0. The number of nitrogens with zero attached hydrogens (tertiary/aromatic N) is 1. The van der Waals surface area contributed by atoms with E-state index in [0.717, 1.165) is 32.4 Å². The van der Waals surface area contributed by atoms with Gasteiger partial charge in [-0.1, -0.05) is 0 Å². The third-order valence-corrected chi connectivity index (χ3v) is 7.18. The van der Waals surface area contributed by atoms with Crippen LogP contribution in [-0.4, -0.2) is 55.9 Å². The van der Waals surface area contributed by atoms with E-state index in [1.54, 1.807) is 11.8 Å². The molecule has 0 aromatic rings. The Morgan fingerprint density at radius 1 is 1.24 bits per heavy atom. The summed E-state index contributed by atoms with van der Waals surface area (Å²) in [4.78, 5) is 14.1. The number of amides is 1. The molecule has 2 atom stereocenters. The maximum absolute atomic E-state index is 12.3. The van der Waals surface area contributed by atoms with Gasteiger partial charge < -0.3 is 10.2 Å². The van der Waals surface area contributed by atoms with Crippen LogP contribution in [0.25, 0.3) is 0 Å². The van der Waals surface area contributed by atoms with Crippen molar-refractivity contribution in [2.75, 3.05) is 25.4 Å². The summed E-state index contributed by atoms with van der Waals surface area (Å²) in [6.45, 7) is 6.03. The molecule has 124 valence electrons. The van der Waals surface area contributed by atoms with Crippen LogP contribution in [0, 0.1) is 5.92 Å². The number of hydrogen-bond donors (Lipinski definition) is 1. The van der Waals surface area contributed by atoms with Crippen molar-refractivity contribution in [3.8, 4) is 0 Å². The maximum atomic E-state index is 12.3. The molecule has 0 aromatic carbocycles. The Morgan fingerprint density at radius 2 is 1.86 bits per heavy atom. The van der Waals surface area contributed by atoms with Crippen LogP contribution in [0.15, 0.2) is 0 Å². The molecule has 1 N–H and O–H groups in total. The fourth-order valence-electron chi connectivity index (χ4n) is 3.16. The van der Waals surface area contributed by atoms with Crippen LogP contribution in [0.3, 0.4) is 0 Å². The molecule has 0 radical (unpaired) electrons. The molecule has 2 aliphatic heterocycles. The largest absolute Gasteiger partial charge is 0.338 e. The normalized spacial score (nSPS) is 29.7. The molecule has 2 saturated heterocycles. The predicted molar refractivity (Wildman–Crippen MR) is 86.5 cm³/mol. The van der Waals surface area contributed by atoms with E-state index in [2.05, 4.69) is 5.32 Å². The van der Waals surface area contributed by atoms with Gasteiger partial charge in [-0.05, 0) is 52.1 Å². The monoisotopic (exact) mass is 338 g/mol. The number of nitrogens with one attached hydrogen (secondary N) is 1. The number of sulfone groups is 1. The molecule has 2 rings (SSSR count). The van der Waals surface area contributed by atoms with Crippen molar-refractivity contribution in [2.45, 2.75) is 50.8 Å². The molecule has 0 spiro atoms. The lowest BCUT2D eigenvalue weighted by Gasteiger charge is -2.38. The second kappa shape index (κ2) is 7.79. The van der Waals surface area contributed by atoms with Crippen LogP contribution in [0.1, 0.15) is 39.5 Å². The Balaban J connectivity index is 0.00000220. The highest BCUT2D eigenvalue weighted by atomic mass is 35.5. The molecule has 2 aliphatic rings. The molecule has 0 saturated carbocycles. The second-order valence-electron chi connectivity index (χ2n) is 6.13. The van der Waals surface area contributed by atoms with Gasteiger partial charge in [-0.15, -0.1) is 12.4 Å². The quantitative estimate of drug-likeness (QED) is 0.840. The standard InChI is InChI=1S/C14H26N2O3S.ClH/c1-11-12(2)20(18,19)10-9-16(11)14(17)4-3-13-5-7-15-8-6-13;/h11-13,15H,3-10H2,1-2H3;1H. The first kappa shape index (κ1) is 18.7. The molecule has 2 heterocycles. The van der Waals surface area contributed by atoms with E-state index in [4.69, 9.17) is 0 Å². The molecule has 7 heteroatoms. The molecule has 5 nitrogen and oxygen atoms in total. The highest BCUT2D eigenvalue weighted by Crippen LogP contribution is 2.23. The zero-order valence-corrected chi connectivity index (χ0v) is 14.5. The molecule has 0 aromatic heterocycles. The topological polar surface area (TPSA) is 66.5 Å². The summed E-state index contributed by atoms with van der Waals surface area (Å²) in [5, 5.41) is 2.88. The van der Waals surface area contributed by atoms with E-state index in [1.165, 1.54) is 0 Å². The van der Waals surface area contributed by atoms with Crippen molar-refractivity contribution in [1.29, 1.82) is 0 Å². The lowest BCUT2D eigenvalue weighted by Crippen LogP contribution is -2.54. The van der Waals surface area contributed by atoms with E-state index >= 15 is 0 Å². The average Bonchev–Trinajstić information content (AvgIpc) is 2.44. The van der Waals surface area contributed by atoms with Gasteiger partial charge in [0.05, 0.1) is 11.0 Å². The summed E-state index contributed by atoms with van der Waals surface area (Å²) >= 11 is 0. The molecule has 0 aliphatic carbocycles. The first-order chi connectivity index (χ1) is 9.42. The van der Waals surface area contributed by atoms with Gasteiger partial charge in [-0.3, -0.25) is 4.79 Å². The Morgan fingerprint density at radius 3 is 2.48 bits per heavy atom. The summed E-state index contributed by atoms with van der Waals surface area (Å²) < 4.78 is 23.6. The first-order valence-corrected chi connectivity index (χ1v) is 9.35. The van der Waals surface area contributed by atoms with Crippen LogP contribution < -0.4 is 5.32 Å². The summed E-state index contributed by atoms with van der Waals surface area (Å²) in [5.74, 6) is 0.872. The molecule has 2 unspecified atom stereocenters. The highest BCUT2D eigenvalue weighted by Gasteiger charge is 2.37. The van der Waals surface area contributed by atoms with Crippen molar-refractivity contribution < 1.29 is 13.2 Å². The van der Waals surface area contributed by atoms with E-state index in [0.29, 0.717) is 18.9 Å². The van der Waals surface area contributed by atoms with Crippen LogP contribution in [0.2, 0.25) is 0 Å². The highest BCUT2D eigenvalue weighted by molar-refractivity contribution is 7.92. The van der Waals surface area contributed by atoms with E-state index in [1.807, 2.05) is 6.92 Å². The van der Waals surface area contributed by atoms with Crippen LogP contribution >= 0.6 is 12.4 Å². The van der Waals surface area contributed by atoms with E-state index in [-0.39, 0.29) is 30.1 Å². The van der Waals surface area contributed by atoms with Gasteiger partial charge in [0.25, 0.3) is 0 Å². The van der Waals surface area contributed by atoms with Crippen LogP contribution in [0.5, 0.6) is 0 Å². The Kier molecular flexibility index (Phi) is 6.94. The number of hydrogen-bond acceptors (Lipinski definition) is 4. The van der Waals surface area contributed by atoms with Crippen molar-refractivity contribution in [3.63, 3.8) is 0 Å². The van der Waals surface area contributed by atoms with Crippen molar-refractivity contribution in [2.24, 2.45) is 5.92 Å². The van der Waals surface area contributed by atoms with Crippen molar-refractivity contribution >= 4 is 28.2 Å². The number of carbonyl (C=O) groups excluding carboxylic acids is 1. The Labute approximate surface area is 134 Å². The Hall–Kier alpha value is -0.330. The minimum Gasteiger partial charge on any atom is -0.338 e. The fraction of sp³-hybridized carbons (Fsp3) is 0.929. The van der Waals surface area contributed by atoms with Gasteiger partial charge in [-0.2, -0.15) is 0 Å². The predicted octanol–water partition coefficient (Wildman–Crippen LogP) is 1.22.